The van der Waals surface area contributed by atoms with Crippen molar-refractivity contribution in [1.82, 2.24) is 0 Å². The van der Waals surface area contributed by atoms with Crippen molar-refractivity contribution in [3.05, 3.63) is 102 Å². The summed E-state index contributed by atoms with van der Waals surface area (Å²) < 4.78 is 14.6. The second kappa shape index (κ2) is 13.8. The van der Waals surface area contributed by atoms with E-state index >= 15 is 0 Å². The van der Waals surface area contributed by atoms with E-state index < -0.39 is 0 Å². The summed E-state index contributed by atoms with van der Waals surface area (Å²) in [5, 5.41) is 5.82. The molecule has 0 radical (unpaired) electrons. The summed E-state index contributed by atoms with van der Waals surface area (Å²) in [5.41, 5.74) is 5.25. The molecule has 0 saturated carbocycles. The minimum atomic E-state index is -0.252. The molecular formula is C30H24Br4N2O4. The summed E-state index contributed by atoms with van der Waals surface area (Å²) in [6.45, 7) is 3.66. The van der Waals surface area contributed by atoms with Crippen LogP contribution in [0.4, 0.5) is 11.4 Å². The van der Waals surface area contributed by atoms with Crippen molar-refractivity contribution < 1.29 is 19.1 Å². The first-order valence-corrected chi connectivity index (χ1v) is 15.2. The van der Waals surface area contributed by atoms with E-state index in [-0.39, 0.29) is 25.0 Å². The zero-order valence-corrected chi connectivity index (χ0v) is 27.8. The largest absolute Gasteiger partial charge is 0.483 e. The van der Waals surface area contributed by atoms with Gasteiger partial charge in [-0.25, -0.2) is 0 Å². The lowest BCUT2D eigenvalue weighted by Gasteiger charge is -2.14. The van der Waals surface area contributed by atoms with Crippen LogP contribution >= 0.6 is 63.7 Å². The molecule has 0 aliphatic carbocycles. The second-order valence-electron chi connectivity index (χ2n) is 8.88. The van der Waals surface area contributed by atoms with Crippen LogP contribution in [0.25, 0.3) is 11.1 Å². The summed E-state index contributed by atoms with van der Waals surface area (Å²) >= 11 is 13.7. The lowest BCUT2D eigenvalue weighted by Crippen LogP contribution is -2.20. The number of aryl methyl sites for hydroxylation is 2. The fourth-order valence-corrected chi connectivity index (χ4v) is 6.13. The molecule has 10 heteroatoms. The van der Waals surface area contributed by atoms with Crippen LogP contribution in [0.5, 0.6) is 11.5 Å². The van der Waals surface area contributed by atoms with E-state index in [1.807, 2.05) is 74.5 Å². The van der Waals surface area contributed by atoms with E-state index in [9.17, 15) is 9.59 Å². The Balaban J connectivity index is 1.34. The summed E-state index contributed by atoms with van der Waals surface area (Å²) in [6, 6.07) is 22.7. The molecule has 0 atom stereocenters. The first kappa shape index (κ1) is 30.3. The number of hydrogen-bond donors (Lipinski definition) is 2. The van der Waals surface area contributed by atoms with E-state index in [2.05, 4.69) is 74.4 Å². The second-order valence-corrected chi connectivity index (χ2v) is 12.4. The molecule has 0 saturated heterocycles. The maximum Gasteiger partial charge on any atom is 0.262 e. The number of rotatable bonds is 9. The van der Waals surface area contributed by atoms with Crippen LogP contribution in [-0.2, 0) is 9.59 Å². The summed E-state index contributed by atoms with van der Waals surface area (Å²) in [4.78, 5) is 25.0. The number of ether oxygens (including phenoxy) is 2. The molecule has 6 nitrogen and oxygen atoms in total. The predicted octanol–water partition coefficient (Wildman–Crippen LogP) is 9.06. The maximum absolute atomic E-state index is 12.5. The van der Waals surface area contributed by atoms with Gasteiger partial charge in [-0.05, 0) is 129 Å². The highest BCUT2D eigenvalue weighted by Gasteiger charge is 2.12. The van der Waals surface area contributed by atoms with Crippen molar-refractivity contribution in [2.75, 3.05) is 23.8 Å². The Bertz CT molecular complexity index is 1460. The molecule has 2 N–H and O–H groups in total. The molecule has 0 aliphatic rings. The minimum Gasteiger partial charge on any atom is -0.483 e. The van der Waals surface area contributed by atoms with E-state index in [0.29, 0.717) is 22.9 Å². The molecule has 0 unspecified atom stereocenters. The van der Waals surface area contributed by atoms with Gasteiger partial charge in [0, 0.05) is 20.3 Å². The Morgan fingerprint density at radius 2 is 1.00 bits per heavy atom. The van der Waals surface area contributed by atoms with Crippen molar-refractivity contribution in [3.63, 3.8) is 0 Å². The van der Waals surface area contributed by atoms with Crippen LogP contribution in [0.3, 0.4) is 0 Å². The van der Waals surface area contributed by atoms with Crippen LogP contribution < -0.4 is 20.1 Å². The number of anilines is 2. The number of benzene rings is 4. The topological polar surface area (TPSA) is 76.7 Å². The molecule has 0 aromatic heterocycles. The van der Waals surface area contributed by atoms with Crippen molar-refractivity contribution in [2.24, 2.45) is 0 Å². The highest BCUT2D eigenvalue weighted by Crippen LogP contribution is 2.31. The monoisotopic (exact) mass is 792 g/mol. The van der Waals surface area contributed by atoms with Gasteiger partial charge in [0.25, 0.3) is 11.8 Å². The highest BCUT2D eigenvalue weighted by molar-refractivity contribution is 9.11. The van der Waals surface area contributed by atoms with Gasteiger partial charge in [0.15, 0.2) is 13.2 Å². The molecule has 0 heterocycles. The molecule has 4 aromatic rings. The Labute approximate surface area is 266 Å². The van der Waals surface area contributed by atoms with Gasteiger partial charge in [-0.1, -0.05) is 44.0 Å². The van der Waals surface area contributed by atoms with Crippen LogP contribution in [0.2, 0.25) is 0 Å². The predicted molar refractivity (Wildman–Crippen MR) is 173 cm³/mol. The van der Waals surface area contributed by atoms with Crippen LogP contribution in [0.1, 0.15) is 11.1 Å². The SMILES string of the molecule is Cc1cc(-c2ccc(NC(=O)COc3ccc(Br)cc3Br)c(C)c2)ccc1NC(=O)COc1ccc(Br)cc1Br. The number of nitrogens with one attached hydrogen (secondary N) is 2. The first-order chi connectivity index (χ1) is 19.1. The number of halogens is 4. The Hall–Kier alpha value is -2.66. The maximum atomic E-state index is 12.5. The van der Waals surface area contributed by atoms with E-state index in [4.69, 9.17) is 9.47 Å². The van der Waals surface area contributed by atoms with Gasteiger partial charge in [-0.15, -0.1) is 0 Å². The van der Waals surface area contributed by atoms with Gasteiger partial charge < -0.3 is 20.1 Å². The van der Waals surface area contributed by atoms with E-state index in [0.717, 1.165) is 40.1 Å². The lowest BCUT2D eigenvalue weighted by atomic mass is 10.00. The molecule has 0 bridgehead atoms. The molecule has 2 amide bonds. The van der Waals surface area contributed by atoms with Crippen LogP contribution in [-0.4, -0.2) is 25.0 Å². The third kappa shape index (κ3) is 8.19. The molecule has 0 aliphatic heterocycles. The normalized spacial score (nSPS) is 10.7. The summed E-state index contributed by atoms with van der Waals surface area (Å²) in [7, 11) is 0. The molecule has 206 valence electrons. The van der Waals surface area contributed by atoms with E-state index in [1.165, 1.54) is 0 Å². The number of amides is 2. The average molecular weight is 796 g/mol. The Morgan fingerprint density at radius 1 is 0.600 bits per heavy atom. The smallest absolute Gasteiger partial charge is 0.262 e. The van der Waals surface area contributed by atoms with Gasteiger partial charge in [-0.3, -0.25) is 9.59 Å². The quantitative estimate of drug-likeness (QED) is 0.177. The van der Waals surface area contributed by atoms with Crippen LogP contribution in [0, 0.1) is 13.8 Å². The third-order valence-corrected chi connectivity index (χ3v) is 8.07. The molecule has 0 spiro atoms. The number of carbonyl (C=O) groups is 2. The highest BCUT2D eigenvalue weighted by atomic mass is 79.9. The zero-order valence-electron chi connectivity index (χ0n) is 21.5. The summed E-state index contributed by atoms with van der Waals surface area (Å²) in [5.74, 6) is 0.674. The third-order valence-electron chi connectivity index (χ3n) is 5.84. The molecular weight excluding hydrogens is 772 g/mol. The molecule has 0 fully saturated rings. The minimum absolute atomic E-state index is 0.112. The van der Waals surface area contributed by atoms with Gasteiger partial charge in [0.05, 0.1) is 8.95 Å². The first-order valence-electron chi connectivity index (χ1n) is 12.1. The van der Waals surface area contributed by atoms with Gasteiger partial charge in [-0.2, -0.15) is 0 Å². The molecule has 4 rings (SSSR count). The Kier molecular flexibility index (Phi) is 10.5. The fourth-order valence-electron chi connectivity index (χ4n) is 3.81. The number of carbonyl (C=O) groups excluding carboxylic acids is 2. The molecule has 40 heavy (non-hydrogen) atoms. The zero-order chi connectivity index (χ0) is 28.8. The van der Waals surface area contributed by atoms with Crippen molar-refractivity contribution in [1.29, 1.82) is 0 Å². The van der Waals surface area contributed by atoms with Gasteiger partial charge in [0.1, 0.15) is 11.5 Å². The standard InChI is InChI=1S/C30H24Br4N2O4/c1-17-11-19(3-7-25(17)35-29(37)15-39-27-9-5-21(31)13-23(27)33)20-4-8-26(18(2)12-20)36-30(38)16-40-28-10-6-22(32)14-24(28)34/h3-14H,15-16H2,1-2H3,(H,35,37)(H,36,38). The Morgan fingerprint density at radius 3 is 1.35 bits per heavy atom. The fraction of sp³-hybridized carbons (Fsp3) is 0.133. The van der Waals surface area contributed by atoms with Crippen LogP contribution in [0.15, 0.2) is 90.7 Å². The van der Waals surface area contributed by atoms with Gasteiger partial charge in [0.2, 0.25) is 0 Å². The van der Waals surface area contributed by atoms with Crippen molar-refractivity contribution >= 4 is 86.9 Å². The van der Waals surface area contributed by atoms with Crippen molar-refractivity contribution in [2.45, 2.75) is 13.8 Å². The molecule has 4 aromatic carbocycles. The lowest BCUT2D eigenvalue weighted by molar-refractivity contribution is -0.118. The van der Waals surface area contributed by atoms with E-state index in [1.54, 1.807) is 12.1 Å². The van der Waals surface area contributed by atoms with Crippen molar-refractivity contribution in [3.8, 4) is 22.6 Å². The summed E-state index contributed by atoms with van der Waals surface area (Å²) in [6.07, 6.45) is 0. The average Bonchev–Trinajstić information content (AvgIpc) is 2.90. The van der Waals surface area contributed by atoms with Gasteiger partial charge >= 0.3 is 0 Å². The number of hydrogen-bond acceptors (Lipinski definition) is 4.